The van der Waals surface area contributed by atoms with E-state index >= 15 is 0 Å². The predicted octanol–water partition coefficient (Wildman–Crippen LogP) is 2.95. The lowest BCUT2D eigenvalue weighted by Gasteiger charge is -2.39. The topological polar surface area (TPSA) is 88.3 Å². The Morgan fingerprint density at radius 1 is 1.31 bits per heavy atom. The van der Waals surface area contributed by atoms with E-state index in [2.05, 4.69) is 20.3 Å². The van der Waals surface area contributed by atoms with Crippen molar-refractivity contribution in [3.63, 3.8) is 0 Å². The number of piperidine rings is 1. The van der Waals surface area contributed by atoms with Gasteiger partial charge in [-0.05, 0) is 51.2 Å². The van der Waals surface area contributed by atoms with E-state index < -0.39 is 5.41 Å². The molecule has 1 aliphatic rings. The average Bonchev–Trinajstić information content (AvgIpc) is 3.10. The first-order chi connectivity index (χ1) is 13.9. The van der Waals surface area contributed by atoms with Gasteiger partial charge in [0.1, 0.15) is 11.4 Å². The van der Waals surface area contributed by atoms with Gasteiger partial charge < -0.3 is 10.2 Å². The van der Waals surface area contributed by atoms with Gasteiger partial charge in [-0.1, -0.05) is 40.1 Å². The van der Waals surface area contributed by atoms with Crippen LogP contribution in [0.4, 0.5) is 0 Å². The first kappa shape index (κ1) is 21.3. The van der Waals surface area contributed by atoms with Crippen molar-refractivity contribution < 1.29 is 14.2 Å². The molecule has 1 fully saturated rings. The van der Waals surface area contributed by atoms with Gasteiger partial charge in [-0.25, -0.2) is 4.63 Å². The number of aryl methyl sites for hydroxylation is 2. The van der Waals surface area contributed by atoms with E-state index in [1.165, 1.54) is 0 Å². The SMILES string of the molecule is Cc1nonc1CC(=O)N1CCC[C@](C)(C(=O)NCCCc2ccccc2Cl)C1. The summed E-state index contributed by atoms with van der Waals surface area (Å²) in [6.07, 6.45) is 3.33. The minimum atomic E-state index is -0.588. The highest BCUT2D eigenvalue weighted by molar-refractivity contribution is 6.31. The van der Waals surface area contributed by atoms with E-state index in [1.807, 2.05) is 31.2 Å². The lowest BCUT2D eigenvalue weighted by molar-refractivity contribution is -0.140. The van der Waals surface area contributed by atoms with Crippen LogP contribution in [0.25, 0.3) is 0 Å². The van der Waals surface area contributed by atoms with Crippen LogP contribution in [-0.4, -0.2) is 46.7 Å². The molecule has 8 heteroatoms. The molecular weight excluding hydrogens is 392 g/mol. The van der Waals surface area contributed by atoms with Crippen LogP contribution in [0.3, 0.4) is 0 Å². The monoisotopic (exact) mass is 418 g/mol. The van der Waals surface area contributed by atoms with Crippen LogP contribution in [-0.2, 0) is 22.4 Å². The average molecular weight is 419 g/mol. The summed E-state index contributed by atoms with van der Waals surface area (Å²) in [6, 6.07) is 7.75. The molecule has 2 aromatic rings. The van der Waals surface area contributed by atoms with Crippen molar-refractivity contribution in [2.75, 3.05) is 19.6 Å². The van der Waals surface area contributed by atoms with Gasteiger partial charge >= 0.3 is 0 Å². The van der Waals surface area contributed by atoms with Gasteiger partial charge in [0.2, 0.25) is 11.8 Å². The van der Waals surface area contributed by atoms with Gasteiger partial charge in [-0.15, -0.1) is 0 Å². The van der Waals surface area contributed by atoms with E-state index in [4.69, 9.17) is 11.6 Å². The number of aromatic nitrogens is 2. The maximum Gasteiger partial charge on any atom is 0.228 e. The molecule has 2 amide bonds. The highest BCUT2D eigenvalue weighted by Gasteiger charge is 2.39. The number of nitrogens with zero attached hydrogens (tertiary/aromatic N) is 3. The van der Waals surface area contributed by atoms with Gasteiger partial charge in [-0.3, -0.25) is 9.59 Å². The molecule has 0 spiro atoms. The van der Waals surface area contributed by atoms with Gasteiger partial charge in [0.25, 0.3) is 0 Å². The number of hydrogen-bond acceptors (Lipinski definition) is 5. The highest BCUT2D eigenvalue weighted by atomic mass is 35.5. The molecule has 7 nitrogen and oxygen atoms in total. The smallest absolute Gasteiger partial charge is 0.228 e. The summed E-state index contributed by atoms with van der Waals surface area (Å²) < 4.78 is 4.66. The maximum atomic E-state index is 12.8. The molecule has 1 aromatic carbocycles. The number of nitrogens with one attached hydrogen (secondary N) is 1. The Balaban J connectivity index is 1.49. The molecule has 2 heterocycles. The summed E-state index contributed by atoms with van der Waals surface area (Å²) in [7, 11) is 0. The number of hydrogen-bond donors (Lipinski definition) is 1. The second kappa shape index (κ2) is 9.39. The Hall–Kier alpha value is -2.41. The van der Waals surface area contributed by atoms with Gasteiger partial charge in [-0.2, -0.15) is 0 Å². The number of halogens is 1. The molecule has 0 unspecified atom stereocenters. The van der Waals surface area contributed by atoms with E-state index in [0.717, 1.165) is 36.3 Å². The number of amides is 2. The van der Waals surface area contributed by atoms with Crippen LogP contribution >= 0.6 is 11.6 Å². The third-order valence-electron chi connectivity index (χ3n) is 5.53. The van der Waals surface area contributed by atoms with Crippen molar-refractivity contribution in [3.05, 3.63) is 46.2 Å². The summed E-state index contributed by atoms with van der Waals surface area (Å²) in [5.41, 5.74) is 1.66. The van der Waals surface area contributed by atoms with E-state index in [1.54, 1.807) is 11.8 Å². The second-order valence-corrected chi connectivity index (χ2v) is 8.31. The van der Waals surface area contributed by atoms with E-state index in [0.29, 0.717) is 31.0 Å². The quantitative estimate of drug-likeness (QED) is 0.698. The number of likely N-dealkylation sites (tertiary alicyclic amines) is 1. The minimum Gasteiger partial charge on any atom is -0.356 e. The molecule has 1 aromatic heterocycles. The molecule has 0 saturated carbocycles. The Labute approximate surface area is 175 Å². The predicted molar refractivity (Wildman–Crippen MR) is 109 cm³/mol. The third kappa shape index (κ3) is 5.35. The summed E-state index contributed by atoms with van der Waals surface area (Å²) in [5.74, 6) is -0.0605. The van der Waals surface area contributed by atoms with Crippen LogP contribution in [0.1, 0.15) is 43.1 Å². The van der Waals surface area contributed by atoms with Crippen molar-refractivity contribution in [1.29, 1.82) is 0 Å². The maximum absolute atomic E-state index is 12.8. The van der Waals surface area contributed by atoms with Crippen molar-refractivity contribution in [2.24, 2.45) is 5.41 Å². The summed E-state index contributed by atoms with van der Waals surface area (Å²) in [4.78, 5) is 27.2. The number of carbonyl (C=O) groups is 2. The molecule has 1 aliphatic heterocycles. The number of benzene rings is 1. The molecule has 29 heavy (non-hydrogen) atoms. The zero-order valence-electron chi connectivity index (χ0n) is 16.9. The number of rotatable bonds is 7. The molecule has 0 bridgehead atoms. The van der Waals surface area contributed by atoms with Crippen LogP contribution in [0, 0.1) is 12.3 Å². The Morgan fingerprint density at radius 3 is 2.83 bits per heavy atom. The van der Waals surface area contributed by atoms with Crippen molar-refractivity contribution >= 4 is 23.4 Å². The first-order valence-corrected chi connectivity index (χ1v) is 10.3. The highest BCUT2D eigenvalue weighted by Crippen LogP contribution is 2.30. The molecular formula is C21H27ClN4O3. The Kier molecular flexibility index (Phi) is 6.90. The molecule has 3 rings (SSSR count). The standard InChI is InChI=1S/C21H27ClN4O3/c1-15-18(25-29-24-15)13-19(27)26-12-6-10-21(2,14-26)20(28)23-11-5-8-16-7-3-4-9-17(16)22/h3-4,7,9H,5-6,8,10-14H2,1-2H3,(H,23,28)/t21-/m0/s1. The van der Waals surface area contributed by atoms with Crippen LogP contribution in [0.5, 0.6) is 0 Å². The third-order valence-corrected chi connectivity index (χ3v) is 5.90. The minimum absolute atomic E-state index is 0.00607. The Morgan fingerprint density at radius 2 is 2.10 bits per heavy atom. The molecule has 1 N–H and O–H groups in total. The van der Waals surface area contributed by atoms with Crippen molar-refractivity contribution in [3.8, 4) is 0 Å². The largest absolute Gasteiger partial charge is 0.356 e. The van der Waals surface area contributed by atoms with Crippen LogP contribution in [0.15, 0.2) is 28.9 Å². The summed E-state index contributed by atoms with van der Waals surface area (Å²) in [6.45, 7) is 5.33. The summed E-state index contributed by atoms with van der Waals surface area (Å²) >= 11 is 6.18. The second-order valence-electron chi connectivity index (χ2n) is 7.90. The molecule has 1 atom stereocenters. The van der Waals surface area contributed by atoms with Crippen LogP contribution in [0.2, 0.25) is 5.02 Å². The normalized spacial score (nSPS) is 19.2. The molecule has 156 valence electrons. The Bertz CT molecular complexity index is 869. The fourth-order valence-electron chi connectivity index (χ4n) is 3.70. The zero-order chi connectivity index (χ0) is 20.9. The van der Waals surface area contributed by atoms with Gasteiger partial charge in [0, 0.05) is 24.7 Å². The molecule has 0 radical (unpaired) electrons. The van der Waals surface area contributed by atoms with Gasteiger partial charge in [0.15, 0.2) is 0 Å². The van der Waals surface area contributed by atoms with Crippen LogP contribution < -0.4 is 5.32 Å². The van der Waals surface area contributed by atoms with E-state index in [9.17, 15) is 9.59 Å². The summed E-state index contributed by atoms with van der Waals surface area (Å²) in [5, 5.41) is 11.3. The van der Waals surface area contributed by atoms with Crippen molar-refractivity contribution in [2.45, 2.75) is 46.0 Å². The van der Waals surface area contributed by atoms with Crippen molar-refractivity contribution in [1.82, 2.24) is 20.5 Å². The number of carbonyl (C=O) groups excluding carboxylic acids is 2. The zero-order valence-corrected chi connectivity index (χ0v) is 17.7. The fourth-order valence-corrected chi connectivity index (χ4v) is 3.93. The molecule has 0 aliphatic carbocycles. The lowest BCUT2D eigenvalue weighted by atomic mass is 9.80. The fraction of sp³-hybridized carbons (Fsp3) is 0.524. The van der Waals surface area contributed by atoms with Gasteiger partial charge in [0.05, 0.1) is 11.8 Å². The lowest BCUT2D eigenvalue weighted by Crippen LogP contribution is -2.52. The molecule has 1 saturated heterocycles. The van der Waals surface area contributed by atoms with E-state index in [-0.39, 0.29) is 18.2 Å². The first-order valence-electron chi connectivity index (χ1n) is 9.96.